The summed E-state index contributed by atoms with van der Waals surface area (Å²) >= 11 is 0. The molecule has 1 unspecified atom stereocenters. The molecule has 2 N–H and O–H groups in total. The number of nitrogens with one attached hydrogen (secondary N) is 2. The Bertz CT molecular complexity index is 882. The fraction of sp³-hybridized carbons (Fsp3) is 0.333. The van der Waals surface area contributed by atoms with Gasteiger partial charge >= 0.3 is 0 Å². The molecule has 1 aromatic heterocycles. The van der Waals surface area contributed by atoms with Crippen LogP contribution in [0.4, 0.5) is 5.69 Å². The third-order valence-electron chi connectivity index (χ3n) is 3.98. The van der Waals surface area contributed by atoms with E-state index in [1.807, 2.05) is 20.8 Å². The molecule has 0 radical (unpaired) electrons. The number of hydrogen-bond donors (Lipinski definition) is 2. The first-order chi connectivity index (χ1) is 12.2. The van der Waals surface area contributed by atoms with Crippen LogP contribution in [0.2, 0.25) is 0 Å². The molecule has 2 aromatic rings. The summed E-state index contributed by atoms with van der Waals surface area (Å²) < 4.78 is 33.0. The van der Waals surface area contributed by atoms with Gasteiger partial charge in [-0.3, -0.25) is 14.5 Å². The van der Waals surface area contributed by atoms with Gasteiger partial charge < -0.3 is 10.1 Å². The largest absolute Gasteiger partial charge is 0.495 e. The predicted octanol–water partition coefficient (Wildman–Crippen LogP) is 2.67. The van der Waals surface area contributed by atoms with Crippen molar-refractivity contribution in [2.75, 3.05) is 11.8 Å². The predicted molar refractivity (Wildman–Crippen MR) is 99.8 cm³/mol. The van der Waals surface area contributed by atoms with Gasteiger partial charge in [0.25, 0.3) is 15.9 Å². The Morgan fingerprint density at radius 1 is 1.15 bits per heavy atom. The third kappa shape index (κ3) is 4.72. The Morgan fingerprint density at radius 2 is 1.85 bits per heavy atom. The zero-order chi connectivity index (χ0) is 19.3. The van der Waals surface area contributed by atoms with Crippen molar-refractivity contribution in [1.82, 2.24) is 10.3 Å². The standard InChI is InChI=1S/C18H23N3O4S/c1-12(2)13(3)20-18(22)16-7-5-6-8-17(16)26(23,24)21-14-9-15(25-4)11-19-10-14/h5-13,21H,1-4H3,(H,20,22). The van der Waals surface area contributed by atoms with Crippen molar-refractivity contribution in [2.24, 2.45) is 5.92 Å². The molecular weight excluding hydrogens is 354 g/mol. The van der Waals surface area contributed by atoms with Gasteiger partial charge in [0, 0.05) is 12.1 Å². The van der Waals surface area contributed by atoms with Crippen LogP contribution in [0.5, 0.6) is 5.75 Å². The number of benzene rings is 1. The summed E-state index contributed by atoms with van der Waals surface area (Å²) in [4.78, 5) is 16.4. The topological polar surface area (TPSA) is 97.4 Å². The Hall–Kier alpha value is -2.61. The van der Waals surface area contributed by atoms with E-state index >= 15 is 0 Å². The summed E-state index contributed by atoms with van der Waals surface area (Å²) in [6, 6.07) is 7.50. The van der Waals surface area contributed by atoms with Gasteiger partial charge in [0.15, 0.2) is 0 Å². The highest BCUT2D eigenvalue weighted by Crippen LogP contribution is 2.22. The lowest BCUT2D eigenvalue weighted by Gasteiger charge is -2.19. The molecule has 0 bridgehead atoms. The fourth-order valence-corrected chi connectivity index (χ4v) is 3.38. The lowest BCUT2D eigenvalue weighted by Crippen LogP contribution is -2.37. The summed E-state index contributed by atoms with van der Waals surface area (Å²) in [5, 5.41) is 2.83. The number of anilines is 1. The highest BCUT2D eigenvalue weighted by molar-refractivity contribution is 7.92. The van der Waals surface area contributed by atoms with Crippen molar-refractivity contribution >= 4 is 21.6 Å². The van der Waals surface area contributed by atoms with Crippen LogP contribution < -0.4 is 14.8 Å². The number of amides is 1. The van der Waals surface area contributed by atoms with Gasteiger partial charge in [-0.2, -0.15) is 0 Å². The van der Waals surface area contributed by atoms with Crippen molar-refractivity contribution in [2.45, 2.75) is 31.7 Å². The van der Waals surface area contributed by atoms with Gasteiger partial charge in [0.05, 0.1) is 30.8 Å². The second-order valence-electron chi connectivity index (χ2n) is 6.22. The number of carbonyl (C=O) groups is 1. The normalized spacial score (nSPS) is 12.5. The molecule has 0 aliphatic carbocycles. The van der Waals surface area contributed by atoms with Crippen molar-refractivity contribution in [3.63, 3.8) is 0 Å². The molecule has 8 heteroatoms. The zero-order valence-corrected chi connectivity index (χ0v) is 16.0. The van der Waals surface area contributed by atoms with Gasteiger partial charge in [0.1, 0.15) is 10.6 Å². The number of pyridine rings is 1. The van der Waals surface area contributed by atoms with Crippen LogP contribution in [-0.2, 0) is 10.0 Å². The maximum atomic E-state index is 12.8. The van der Waals surface area contributed by atoms with E-state index in [1.54, 1.807) is 12.1 Å². The molecular formula is C18H23N3O4S. The van der Waals surface area contributed by atoms with Crippen LogP contribution >= 0.6 is 0 Å². The SMILES string of the molecule is COc1cncc(NS(=O)(=O)c2ccccc2C(=O)NC(C)C(C)C)c1. The molecule has 140 valence electrons. The van der Waals surface area contributed by atoms with Crippen molar-refractivity contribution in [3.05, 3.63) is 48.3 Å². The van der Waals surface area contributed by atoms with Crippen LogP contribution in [0.1, 0.15) is 31.1 Å². The van der Waals surface area contributed by atoms with E-state index in [2.05, 4.69) is 15.0 Å². The second kappa shape index (κ2) is 8.18. The highest BCUT2D eigenvalue weighted by Gasteiger charge is 2.23. The number of aromatic nitrogens is 1. The summed E-state index contributed by atoms with van der Waals surface area (Å²) in [6.07, 6.45) is 2.83. The smallest absolute Gasteiger partial charge is 0.262 e. The van der Waals surface area contributed by atoms with Gasteiger partial charge in [-0.05, 0) is 25.0 Å². The van der Waals surface area contributed by atoms with Crippen molar-refractivity contribution in [1.29, 1.82) is 0 Å². The quantitative estimate of drug-likeness (QED) is 0.773. The Labute approximate surface area is 153 Å². The minimum Gasteiger partial charge on any atom is -0.495 e. The Balaban J connectivity index is 2.33. The monoisotopic (exact) mass is 377 g/mol. The number of methoxy groups -OCH3 is 1. The van der Waals surface area contributed by atoms with Crippen LogP contribution in [0.15, 0.2) is 47.6 Å². The maximum absolute atomic E-state index is 12.8. The molecule has 1 amide bonds. The first kappa shape index (κ1) is 19.7. The van der Waals surface area contributed by atoms with Crippen molar-refractivity contribution in [3.8, 4) is 5.75 Å². The van der Waals surface area contributed by atoms with Gasteiger partial charge in [-0.25, -0.2) is 8.42 Å². The molecule has 1 heterocycles. The number of sulfonamides is 1. The van der Waals surface area contributed by atoms with Gasteiger partial charge in [-0.1, -0.05) is 26.0 Å². The van der Waals surface area contributed by atoms with E-state index in [9.17, 15) is 13.2 Å². The molecule has 0 aliphatic rings. The first-order valence-corrected chi connectivity index (χ1v) is 9.64. The van der Waals surface area contributed by atoms with E-state index < -0.39 is 15.9 Å². The molecule has 2 rings (SSSR count). The van der Waals surface area contributed by atoms with Crippen LogP contribution in [0, 0.1) is 5.92 Å². The Kier molecular flexibility index (Phi) is 6.20. The molecule has 0 saturated heterocycles. The minimum atomic E-state index is -3.98. The number of rotatable bonds is 7. The summed E-state index contributed by atoms with van der Waals surface area (Å²) in [5.74, 6) is 0.210. The molecule has 1 aromatic carbocycles. The van der Waals surface area contributed by atoms with Gasteiger partial charge in [-0.15, -0.1) is 0 Å². The molecule has 0 aliphatic heterocycles. The molecule has 1 atom stereocenters. The number of nitrogens with zero attached hydrogens (tertiary/aromatic N) is 1. The van der Waals surface area contributed by atoms with E-state index in [0.717, 1.165) is 0 Å². The lowest BCUT2D eigenvalue weighted by molar-refractivity contribution is 0.0927. The van der Waals surface area contributed by atoms with E-state index in [4.69, 9.17) is 4.74 Å². The average Bonchev–Trinajstić information content (AvgIpc) is 2.61. The van der Waals surface area contributed by atoms with E-state index in [-0.39, 0.29) is 28.1 Å². The molecule has 0 saturated carbocycles. The van der Waals surface area contributed by atoms with Crippen LogP contribution in [-0.4, -0.2) is 32.5 Å². The summed E-state index contributed by atoms with van der Waals surface area (Å²) in [6.45, 7) is 5.83. The van der Waals surface area contributed by atoms with Crippen LogP contribution in [0.25, 0.3) is 0 Å². The van der Waals surface area contributed by atoms with Gasteiger partial charge in [0.2, 0.25) is 0 Å². The minimum absolute atomic E-state index is 0.0864. The molecule has 0 fully saturated rings. The summed E-state index contributed by atoms with van der Waals surface area (Å²) in [7, 11) is -2.51. The average molecular weight is 377 g/mol. The van der Waals surface area contributed by atoms with E-state index in [0.29, 0.717) is 5.75 Å². The van der Waals surface area contributed by atoms with Crippen LogP contribution in [0.3, 0.4) is 0 Å². The zero-order valence-electron chi connectivity index (χ0n) is 15.2. The highest BCUT2D eigenvalue weighted by atomic mass is 32.2. The fourth-order valence-electron chi connectivity index (χ4n) is 2.14. The third-order valence-corrected chi connectivity index (χ3v) is 5.42. The van der Waals surface area contributed by atoms with Crippen molar-refractivity contribution < 1.29 is 17.9 Å². The Morgan fingerprint density at radius 3 is 2.50 bits per heavy atom. The maximum Gasteiger partial charge on any atom is 0.262 e. The molecule has 0 spiro atoms. The molecule has 7 nitrogen and oxygen atoms in total. The lowest BCUT2D eigenvalue weighted by atomic mass is 10.1. The number of hydrogen-bond acceptors (Lipinski definition) is 5. The number of carbonyl (C=O) groups excluding carboxylic acids is 1. The second-order valence-corrected chi connectivity index (χ2v) is 7.87. The molecule has 26 heavy (non-hydrogen) atoms. The summed E-state index contributed by atoms with van der Waals surface area (Å²) in [5.41, 5.74) is 0.332. The first-order valence-electron chi connectivity index (χ1n) is 8.16. The van der Waals surface area contributed by atoms with E-state index in [1.165, 1.54) is 37.7 Å². The number of ether oxygens (including phenoxy) is 1.